The molecule has 0 fully saturated rings. The van der Waals surface area contributed by atoms with Crippen molar-refractivity contribution in [2.75, 3.05) is 7.11 Å². The largest absolute Gasteiger partial charge is 0.497 e. The summed E-state index contributed by atoms with van der Waals surface area (Å²) < 4.78 is 6.38. The molecular weight excluding hydrogens is 322 g/mol. The van der Waals surface area contributed by atoms with Crippen molar-refractivity contribution in [2.24, 2.45) is 0 Å². The van der Waals surface area contributed by atoms with E-state index in [-0.39, 0.29) is 0 Å². The highest BCUT2D eigenvalue weighted by Gasteiger charge is 2.06. The van der Waals surface area contributed by atoms with Crippen LogP contribution in [0.4, 0.5) is 0 Å². The third kappa shape index (κ3) is 2.65. The van der Waals surface area contributed by atoms with Crippen LogP contribution in [0.25, 0.3) is 10.9 Å². The van der Waals surface area contributed by atoms with Crippen molar-refractivity contribution in [1.29, 1.82) is 0 Å². The molecule has 4 heteroatoms. The topological polar surface area (TPSA) is 25.0 Å². The zero-order chi connectivity index (χ0) is 13.2. The summed E-state index contributed by atoms with van der Waals surface area (Å²) in [5, 5.41) is 1.19. The van der Waals surface area contributed by atoms with Gasteiger partial charge in [-0.15, -0.1) is 0 Å². The van der Waals surface area contributed by atoms with E-state index >= 15 is 0 Å². The van der Waals surface area contributed by atoms with Crippen molar-refractivity contribution in [1.82, 2.24) is 4.98 Å². The molecule has 3 aromatic rings. The summed E-state index contributed by atoms with van der Waals surface area (Å²) in [5.74, 6) is 0.879. The summed E-state index contributed by atoms with van der Waals surface area (Å²) in [6, 6.07) is 14.4. The summed E-state index contributed by atoms with van der Waals surface area (Å²) in [6.45, 7) is 0. The first-order chi connectivity index (χ1) is 9.26. The predicted octanol–water partition coefficient (Wildman–Crippen LogP) is 5.09. The zero-order valence-corrected chi connectivity index (χ0v) is 12.7. The molecule has 19 heavy (non-hydrogen) atoms. The number of ether oxygens (including phenoxy) is 1. The summed E-state index contributed by atoms with van der Waals surface area (Å²) in [4.78, 5) is 5.71. The van der Waals surface area contributed by atoms with Gasteiger partial charge in [0, 0.05) is 31.4 Å². The van der Waals surface area contributed by atoms with Gasteiger partial charge in [-0.2, -0.15) is 0 Å². The Bertz CT molecular complexity index is 706. The van der Waals surface area contributed by atoms with Crippen LogP contribution in [0.3, 0.4) is 0 Å². The average molecular weight is 334 g/mol. The van der Waals surface area contributed by atoms with Crippen LogP contribution in [-0.2, 0) is 0 Å². The molecule has 0 radical (unpaired) electrons. The van der Waals surface area contributed by atoms with Crippen molar-refractivity contribution in [3.63, 3.8) is 0 Å². The molecule has 0 spiro atoms. The first-order valence-electron chi connectivity index (χ1n) is 5.85. The number of fused-ring (bicyclic) bond motifs is 1. The van der Waals surface area contributed by atoms with E-state index in [0.29, 0.717) is 0 Å². The molecule has 96 valence electrons. The Morgan fingerprint density at radius 2 is 1.89 bits per heavy atom. The normalized spacial score (nSPS) is 10.8. The van der Waals surface area contributed by atoms with E-state index < -0.39 is 0 Å². The molecular formula is C15H12BrNOS. The van der Waals surface area contributed by atoms with Crippen LogP contribution in [0.5, 0.6) is 5.75 Å². The lowest BCUT2D eigenvalue weighted by atomic mass is 10.2. The molecule has 2 aromatic carbocycles. The van der Waals surface area contributed by atoms with Crippen LogP contribution in [0.15, 0.2) is 62.9 Å². The third-order valence-electron chi connectivity index (χ3n) is 2.89. The Morgan fingerprint density at radius 3 is 2.63 bits per heavy atom. The Morgan fingerprint density at radius 1 is 1.11 bits per heavy atom. The number of hydrogen-bond donors (Lipinski definition) is 1. The van der Waals surface area contributed by atoms with Gasteiger partial charge in [0.15, 0.2) is 0 Å². The molecule has 1 N–H and O–H groups in total. The van der Waals surface area contributed by atoms with Gasteiger partial charge in [-0.1, -0.05) is 27.7 Å². The Kier molecular flexibility index (Phi) is 3.53. The molecule has 0 saturated heterocycles. The van der Waals surface area contributed by atoms with Gasteiger partial charge in [0.1, 0.15) is 5.75 Å². The fraction of sp³-hybridized carbons (Fsp3) is 0.0667. The van der Waals surface area contributed by atoms with Crippen molar-refractivity contribution in [2.45, 2.75) is 9.79 Å². The summed E-state index contributed by atoms with van der Waals surface area (Å²) >= 11 is 5.19. The second-order valence-corrected chi connectivity index (χ2v) is 6.15. The number of hydrogen-bond acceptors (Lipinski definition) is 2. The van der Waals surface area contributed by atoms with E-state index in [1.165, 1.54) is 15.2 Å². The third-order valence-corrected chi connectivity index (χ3v) is 4.49. The predicted molar refractivity (Wildman–Crippen MR) is 83.1 cm³/mol. The minimum atomic E-state index is 0.879. The molecule has 0 bridgehead atoms. The summed E-state index contributed by atoms with van der Waals surface area (Å²) in [6.07, 6.45) is 2.04. The van der Waals surface area contributed by atoms with Gasteiger partial charge in [-0.3, -0.25) is 0 Å². The van der Waals surface area contributed by atoms with Crippen molar-refractivity contribution in [3.05, 3.63) is 53.1 Å². The second kappa shape index (κ2) is 5.31. The Labute approximate surface area is 124 Å². The molecule has 0 unspecified atom stereocenters. The van der Waals surface area contributed by atoms with E-state index in [0.717, 1.165) is 15.7 Å². The van der Waals surface area contributed by atoms with E-state index in [2.05, 4.69) is 51.2 Å². The SMILES string of the molecule is COc1ccc2[nH]cc(Sc3ccc(Br)cc3)c2c1. The fourth-order valence-electron chi connectivity index (χ4n) is 1.92. The zero-order valence-electron chi connectivity index (χ0n) is 10.3. The lowest BCUT2D eigenvalue weighted by Crippen LogP contribution is -1.81. The molecule has 0 amide bonds. The number of benzene rings is 2. The number of rotatable bonds is 3. The number of nitrogens with one attached hydrogen (secondary N) is 1. The van der Waals surface area contributed by atoms with Gasteiger partial charge in [-0.25, -0.2) is 0 Å². The van der Waals surface area contributed by atoms with Gasteiger partial charge in [0.25, 0.3) is 0 Å². The van der Waals surface area contributed by atoms with Gasteiger partial charge in [-0.05, 0) is 42.5 Å². The molecule has 3 rings (SSSR count). The number of aromatic nitrogens is 1. The highest BCUT2D eigenvalue weighted by atomic mass is 79.9. The molecule has 0 saturated carbocycles. The molecule has 1 heterocycles. The highest BCUT2D eigenvalue weighted by Crippen LogP contribution is 2.35. The molecule has 2 nitrogen and oxygen atoms in total. The minimum Gasteiger partial charge on any atom is -0.497 e. The number of aromatic amines is 1. The number of halogens is 1. The van der Waals surface area contributed by atoms with Gasteiger partial charge in [0.05, 0.1) is 7.11 Å². The number of H-pyrrole nitrogens is 1. The second-order valence-electron chi connectivity index (χ2n) is 4.12. The molecule has 0 atom stereocenters. The molecule has 0 aliphatic heterocycles. The lowest BCUT2D eigenvalue weighted by molar-refractivity contribution is 0.415. The van der Waals surface area contributed by atoms with Crippen LogP contribution in [0.2, 0.25) is 0 Å². The van der Waals surface area contributed by atoms with Crippen molar-refractivity contribution >= 4 is 38.6 Å². The monoisotopic (exact) mass is 333 g/mol. The standard InChI is InChI=1S/C15H12BrNOS/c1-18-11-4-7-14-13(8-11)15(9-17-14)19-12-5-2-10(16)3-6-12/h2-9,17H,1H3. The maximum atomic E-state index is 5.28. The lowest BCUT2D eigenvalue weighted by Gasteiger charge is -2.02. The minimum absolute atomic E-state index is 0.879. The van der Waals surface area contributed by atoms with Gasteiger partial charge < -0.3 is 9.72 Å². The van der Waals surface area contributed by atoms with E-state index in [9.17, 15) is 0 Å². The molecule has 0 aliphatic carbocycles. The van der Waals surface area contributed by atoms with Crippen molar-refractivity contribution in [3.8, 4) is 5.75 Å². The van der Waals surface area contributed by atoms with E-state index in [4.69, 9.17) is 4.74 Å². The highest BCUT2D eigenvalue weighted by molar-refractivity contribution is 9.10. The maximum absolute atomic E-state index is 5.28. The summed E-state index contributed by atoms with van der Waals surface area (Å²) in [7, 11) is 1.69. The van der Waals surface area contributed by atoms with Gasteiger partial charge in [0.2, 0.25) is 0 Å². The first kappa shape index (κ1) is 12.6. The first-order valence-corrected chi connectivity index (χ1v) is 7.46. The van der Waals surface area contributed by atoms with Crippen LogP contribution in [0, 0.1) is 0 Å². The quantitative estimate of drug-likeness (QED) is 0.722. The van der Waals surface area contributed by atoms with Crippen LogP contribution in [0.1, 0.15) is 0 Å². The van der Waals surface area contributed by atoms with Crippen molar-refractivity contribution < 1.29 is 4.74 Å². The average Bonchev–Trinajstić information content (AvgIpc) is 2.84. The Hall–Kier alpha value is -1.39. The molecule has 1 aromatic heterocycles. The smallest absolute Gasteiger partial charge is 0.119 e. The van der Waals surface area contributed by atoms with Crippen LogP contribution in [-0.4, -0.2) is 12.1 Å². The Balaban J connectivity index is 1.98. The van der Waals surface area contributed by atoms with E-state index in [1.807, 2.05) is 18.3 Å². The van der Waals surface area contributed by atoms with Gasteiger partial charge >= 0.3 is 0 Å². The van der Waals surface area contributed by atoms with E-state index in [1.54, 1.807) is 18.9 Å². The molecule has 0 aliphatic rings. The summed E-state index contributed by atoms with van der Waals surface area (Å²) in [5.41, 5.74) is 1.13. The van der Waals surface area contributed by atoms with Crippen LogP contribution < -0.4 is 4.74 Å². The maximum Gasteiger partial charge on any atom is 0.119 e. The fourth-order valence-corrected chi connectivity index (χ4v) is 3.10. The van der Waals surface area contributed by atoms with Crippen LogP contribution >= 0.6 is 27.7 Å². The number of methoxy groups -OCH3 is 1.